The van der Waals surface area contributed by atoms with Gasteiger partial charge in [-0.15, -0.1) is 0 Å². The van der Waals surface area contributed by atoms with Gasteiger partial charge in [0.05, 0.1) is 0 Å². The molecule has 0 aliphatic rings. The lowest BCUT2D eigenvalue weighted by Crippen LogP contribution is -2.50. The van der Waals surface area contributed by atoms with Crippen LogP contribution in [0.2, 0.25) is 0 Å². The minimum atomic E-state index is 0.101. The molecule has 0 amide bonds. The van der Waals surface area contributed by atoms with Gasteiger partial charge in [-0.3, -0.25) is 4.99 Å². The average molecular weight is 244 g/mol. The number of nitrogens with one attached hydrogen (secondary N) is 2. The summed E-state index contributed by atoms with van der Waals surface area (Å²) in [6.45, 7) is 6.88. The summed E-state index contributed by atoms with van der Waals surface area (Å²) in [5.74, 6) is 0.844. The summed E-state index contributed by atoms with van der Waals surface area (Å²) in [6, 6.07) is 0. The number of rotatable bonds is 7. The first-order valence-corrected chi connectivity index (χ1v) is 6.05. The predicted octanol–water partition coefficient (Wildman–Crippen LogP) is 0.528. The Morgan fingerprint density at radius 2 is 1.94 bits per heavy atom. The highest BCUT2D eigenvalue weighted by molar-refractivity contribution is 5.79. The van der Waals surface area contributed by atoms with Gasteiger partial charge >= 0.3 is 0 Å². The maximum Gasteiger partial charge on any atom is 0.191 e. The number of methoxy groups -OCH3 is 1. The molecule has 0 aromatic heterocycles. The molecule has 2 N–H and O–H groups in total. The van der Waals surface area contributed by atoms with Crippen LogP contribution in [0, 0.1) is 0 Å². The lowest BCUT2D eigenvalue weighted by atomic mass is 10.0. The Hall–Kier alpha value is -0.810. The van der Waals surface area contributed by atoms with E-state index in [2.05, 4.69) is 48.5 Å². The number of guanidine groups is 1. The van der Waals surface area contributed by atoms with E-state index >= 15 is 0 Å². The highest BCUT2D eigenvalue weighted by Gasteiger charge is 2.20. The molecule has 5 heteroatoms. The summed E-state index contributed by atoms with van der Waals surface area (Å²) < 4.78 is 5.00. The second-order valence-electron chi connectivity index (χ2n) is 4.91. The minimum Gasteiger partial charge on any atom is -0.385 e. The van der Waals surface area contributed by atoms with Crippen LogP contribution in [-0.4, -0.2) is 64.3 Å². The molecule has 0 saturated heterocycles. The molecule has 0 aromatic rings. The molecular formula is C12H28N4O. The van der Waals surface area contributed by atoms with Gasteiger partial charge in [-0.25, -0.2) is 0 Å². The molecule has 0 fully saturated rings. The van der Waals surface area contributed by atoms with Gasteiger partial charge < -0.3 is 20.3 Å². The molecule has 102 valence electrons. The van der Waals surface area contributed by atoms with Crippen LogP contribution in [0.3, 0.4) is 0 Å². The molecular weight excluding hydrogens is 216 g/mol. The van der Waals surface area contributed by atoms with E-state index in [0.717, 1.165) is 32.1 Å². The molecule has 0 bridgehead atoms. The molecule has 0 atom stereocenters. The maximum absolute atomic E-state index is 5.00. The standard InChI is InChI=1S/C12H28N4O/c1-12(2,16(4)5)10-15-11(13-3)14-8-7-9-17-6/h7-10H2,1-6H3,(H2,13,14,15). The van der Waals surface area contributed by atoms with E-state index in [1.165, 1.54) is 0 Å². The highest BCUT2D eigenvalue weighted by atomic mass is 16.5. The van der Waals surface area contributed by atoms with Crippen LogP contribution in [-0.2, 0) is 4.74 Å². The van der Waals surface area contributed by atoms with E-state index in [4.69, 9.17) is 4.74 Å². The molecule has 0 aromatic carbocycles. The van der Waals surface area contributed by atoms with E-state index in [1.807, 2.05) is 0 Å². The van der Waals surface area contributed by atoms with E-state index in [1.54, 1.807) is 14.2 Å². The molecule has 0 radical (unpaired) electrons. The lowest BCUT2D eigenvalue weighted by molar-refractivity contribution is 0.194. The fraction of sp³-hybridized carbons (Fsp3) is 0.917. The molecule has 0 aliphatic carbocycles. The van der Waals surface area contributed by atoms with Crippen LogP contribution in [0.5, 0.6) is 0 Å². The number of aliphatic imine (C=N–C) groups is 1. The first-order chi connectivity index (χ1) is 7.94. The van der Waals surface area contributed by atoms with Crippen molar-refractivity contribution in [3.05, 3.63) is 0 Å². The van der Waals surface area contributed by atoms with Crippen LogP contribution in [0.15, 0.2) is 4.99 Å². The smallest absolute Gasteiger partial charge is 0.191 e. The van der Waals surface area contributed by atoms with E-state index in [9.17, 15) is 0 Å². The van der Waals surface area contributed by atoms with Gasteiger partial charge in [0.1, 0.15) is 0 Å². The van der Waals surface area contributed by atoms with Gasteiger partial charge in [-0.2, -0.15) is 0 Å². The summed E-state index contributed by atoms with van der Waals surface area (Å²) in [5, 5.41) is 6.58. The summed E-state index contributed by atoms with van der Waals surface area (Å²) in [6.07, 6.45) is 0.980. The van der Waals surface area contributed by atoms with Crippen molar-refractivity contribution in [1.82, 2.24) is 15.5 Å². The first-order valence-electron chi connectivity index (χ1n) is 6.05. The molecule has 0 saturated carbocycles. The Kier molecular flexibility index (Phi) is 7.91. The van der Waals surface area contributed by atoms with Crippen LogP contribution in [0.25, 0.3) is 0 Å². The molecule has 0 unspecified atom stereocenters. The van der Waals surface area contributed by atoms with Gasteiger partial charge in [-0.1, -0.05) is 0 Å². The fourth-order valence-electron chi connectivity index (χ4n) is 1.10. The Balaban J connectivity index is 3.91. The Morgan fingerprint density at radius 3 is 2.41 bits per heavy atom. The van der Waals surface area contributed by atoms with Crippen molar-refractivity contribution in [2.24, 2.45) is 4.99 Å². The van der Waals surface area contributed by atoms with Crippen molar-refractivity contribution in [2.75, 3.05) is 47.9 Å². The zero-order valence-electron chi connectivity index (χ0n) is 12.1. The van der Waals surface area contributed by atoms with Crippen LogP contribution >= 0.6 is 0 Å². The second-order valence-corrected chi connectivity index (χ2v) is 4.91. The van der Waals surface area contributed by atoms with Crippen LogP contribution < -0.4 is 10.6 Å². The Labute approximate surface area is 106 Å². The summed E-state index contributed by atoms with van der Waals surface area (Å²) in [5.41, 5.74) is 0.101. The largest absolute Gasteiger partial charge is 0.385 e. The van der Waals surface area contributed by atoms with Crippen molar-refractivity contribution in [3.8, 4) is 0 Å². The molecule has 0 spiro atoms. The van der Waals surface area contributed by atoms with E-state index < -0.39 is 0 Å². The third kappa shape index (κ3) is 7.18. The summed E-state index contributed by atoms with van der Waals surface area (Å²) >= 11 is 0. The zero-order valence-corrected chi connectivity index (χ0v) is 12.1. The topological polar surface area (TPSA) is 48.9 Å². The van der Waals surface area contributed by atoms with E-state index in [0.29, 0.717) is 0 Å². The van der Waals surface area contributed by atoms with Crippen molar-refractivity contribution in [3.63, 3.8) is 0 Å². The van der Waals surface area contributed by atoms with Gasteiger partial charge in [0.25, 0.3) is 0 Å². The van der Waals surface area contributed by atoms with Crippen molar-refractivity contribution < 1.29 is 4.74 Å². The highest BCUT2D eigenvalue weighted by Crippen LogP contribution is 2.07. The predicted molar refractivity (Wildman–Crippen MR) is 73.6 cm³/mol. The maximum atomic E-state index is 5.00. The monoisotopic (exact) mass is 244 g/mol. The number of likely N-dealkylation sites (N-methyl/N-ethyl adjacent to an activating group) is 1. The third-order valence-electron chi connectivity index (χ3n) is 2.94. The number of hydrogen-bond acceptors (Lipinski definition) is 3. The summed E-state index contributed by atoms with van der Waals surface area (Å²) in [7, 11) is 7.66. The summed E-state index contributed by atoms with van der Waals surface area (Å²) in [4.78, 5) is 6.38. The minimum absolute atomic E-state index is 0.101. The SMILES string of the molecule is CN=C(NCCCOC)NCC(C)(C)N(C)C. The quantitative estimate of drug-likeness (QED) is 0.390. The van der Waals surface area contributed by atoms with Gasteiger partial charge in [0.2, 0.25) is 0 Å². The van der Waals surface area contributed by atoms with Crippen LogP contribution in [0.4, 0.5) is 0 Å². The van der Waals surface area contributed by atoms with Gasteiger partial charge in [-0.05, 0) is 34.4 Å². The normalized spacial score (nSPS) is 13.0. The Morgan fingerprint density at radius 1 is 1.29 bits per heavy atom. The Bertz CT molecular complexity index is 227. The van der Waals surface area contributed by atoms with Crippen molar-refractivity contribution in [1.29, 1.82) is 0 Å². The van der Waals surface area contributed by atoms with Crippen molar-refractivity contribution >= 4 is 5.96 Å². The molecule has 0 rings (SSSR count). The molecule has 0 heterocycles. The number of ether oxygens (including phenoxy) is 1. The van der Waals surface area contributed by atoms with Crippen molar-refractivity contribution in [2.45, 2.75) is 25.8 Å². The fourth-order valence-corrected chi connectivity index (χ4v) is 1.10. The van der Waals surface area contributed by atoms with Crippen LogP contribution in [0.1, 0.15) is 20.3 Å². The third-order valence-corrected chi connectivity index (χ3v) is 2.94. The van der Waals surface area contributed by atoms with Gasteiger partial charge in [0, 0.05) is 39.4 Å². The molecule has 17 heavy (non-hydrogen) atoms. The molecule has 0 aliphatic heterocycles. The lowest BCUT2D eigenvalue weighted by Gasteiger charge is -2.33. The number of nitrogens with zero attached hydrogens (tertiary/aromatic N) is 2. The number of hydrogen-bond donors (Lipinski definition) is 2. The van der Waals surface area contributed by atoms with E-state index in [-0.39, 0.29) is 5.54 Å². The molecule has 5 nitrogen and oxygen atoms in total. The van der Waals surface area contributed by atoms with Gasteiger partial charge in [0.15, 0.2) is 5.96 Å². The zero-order chi connectivity index (χ0) is 13.3. The first kappa shape index (κ1) is 16.2. The average Bonchev–Trinajstić information content (AvgIpc) is 2.28. The second kappa shape index (κ2) is 8.31.